The zero-order chi connectivity index (χ0) is 13.6. The monoisotopic (exact) mass is 263 g/mol. The lowest BCUT2D eigenvalue weighted by molar-refractivity contribution is -0.135. The lowest BCUT2D eigenvalue weighted by Crippen LogP contribution is -2.42. The Balaban J connectivity index is 2.03. The number of hydrogen-bond donors (Lipinski definition) is 0. The first kappa shape index (κ1) is 12.7. The molecule has 19 heavy (non-hydrogen) atoms. The number of carbonyl (C=O) groups is 1. The van der Waals surface area contributed by atoms with Crippen LogP contribution in [0.15, 0.2) is 6.20 Å². The van der Waals surface area contributed by atoms with Gasteiger partial charge in [0.1, 0.15) is 11.9 Å². The van der Waals surface area contributed by atoms with Gasteiger partial charge in [-0.05, 0) is 19.8 Å². The van der Waals surface area contributed by atoms with Gasteiger partial charge in [0.15, 0.2) is 0 Å². The van der Waals surface area contributed by atoms with E-state index in [0.717, 1.165) is 37.6 Å². The van der Waals surface area contributed by atoms with Crippen LogP contribution in [0.4, 0.5) is 0 Å². The Morgan fingerprint density at radius 3 is 2.79 bits per heavy atom. The van der Waals surface area contributed by atoms with Gasteiger partial charge in [-0.3, -0.25) is 4.79 Å². The highest BCUT2D eigenvalue weighted by Gasteiger charge is 2.38. The summed E-state index contributed by atoms with van der Waals surface area (Å²) in [6, 6.07) is -0.147. The average molecular weight is 263 g/mol. The fourth-order valence-electron chi connectivity index (χ4n) is 3.19. The molecule has 2 aliphatic rings. The maximum absolute atomic E-state index is 12.2. The van der Waals surface area contributed by atoms with E-state index < -0.39 is 0 Å². The molecule has 1 aromatic rings. The second-order valence-electron chi connectivity index (χ2n) is 5.99. The van der Waals surface area contributed by atoms with Crippen molar-refractivity contribution in [2.75, 3.05) is 20.3 Å². The second kappa shape index (κ2) is 4.34. The minimum Gasteiger partial charge on any atom is -0.381 e. The highest BCUT2D eigenvalue weighted by Crippen LogP contribution is 2.36. The van der Waals surface area contributed by atoms with Crippen LogP contribution < -0.4 is 0 Å². The normalized spacial score (nSPS) is 26.4. The van der Waals surface area contributed by atoms with Crippen LogP contribution in [0.25, 0.3) is 0 Å². The van der Waals surface area contributed by atoms with E-state index in [9.17, 15) is 4.79 Å². The highest BCUT2D eigenvalue weighted by molar-refractivity contribution is 5.81. The van der Waals surface area contributed by atoms with Crippen LogP contribution in [0.5, 0.6) is 0 Å². The maximum Gasteiger partial charge on any atom is 0.245 e. The summed E-state index contributed by atoms with van der Waals surface area (Å²) in [6.45, 7) is 6.42. The van der Waals surface area contributed by atoms with Crippen molar-refractivity contribution in [2.24, 2.45) is 0 Å². The molecule has 0 bridgehead atoms. The number of hydrogen-bond acceptors (Lipinski definition) is 3. The van der Waals surface area contributed by atoms with Crippen molar-refractivity contribution in [1.82, 2.24) is 14.5 Å². The predicted molar refractivity (Wildman–Crippen MR) is 70.8 cm³/mol. The SMILES string of the molecule is CC1C(=O)N(C)Cc2cnc(C3(C)CCOCC3)n21. The van der Waals surface area contributed by atoms with E-state index in [1.807, 2.05) is 20.2 Å². The van der Waals surface area contributed by atoms with Crippen LogP contribution in [0, 0.1) is 0 Å². The molecular weight excluding hydrogens is 242 g/mol. The molecule has 0 saturated carbocycles. The van der Waals surface area contributed by atoms with E-state index in [1.165, 1.54) is 0 Å². The number of ether oxygens (including phenoxy) is 1. The summed E-state index contributed by atoms with van der Waals surface area (Å²) in [7, 11) is 1.85. The van der Waals surface area contributed by atoms with Crippen LogP contribution in [-0.2, 0) is 21.5 Å². The largest absolute Gasteiger partial charge is 0.381 e. The quantitative estimate of drug-likeness (QED) is 0.771. The zero-order valence-electron chi connectivity index (χ0n) is 11.8. The predicted octanol–water partition coefficient (Wildman–Crippen LogP) is 1.48. The molecule has 5 heteroatoms. The van der Waals surface area contributed by atoms with Crippen molar-refractivity contribution < 1.29 is 9.53 Å². The molecule has 3 rings (SSSR count). The van der Waals surface area contributed by atoms with Gasteiger partial charge in [0, 0.05) is 25.7 Å². The number of aromatic nitrogens is 2. The second-order valence-corrected chi connectivity index (χ2v) is 5.99. The molecule has 3 heterocycles. The van der Waals surface area contributed by atoms with Crippen LogP contribution >= 0.6 is 0 Å². The molecule has 0 spiro atoms. The van der Waals surface area contributed by atoms with Crippen LogP contribution in [-0.4, -0.2) is 40.6 Å². The van der Waals surface area contributed by atoms with E-state index in [0.29, 0.717) is 6.54 Å². The van der Waals surface area contributed by atoms with Gasteiger partial charge in [-0.2, -0.15) is 0 Å². The molecule has 1 saturated heterocycles. The lowest BCUT2D eigenvalue weighted by Gasteiger charge is -2.37. The Morgan fingerprint density at radius 1 is 1.42 bits per heavy atom. The minimum atomic E-state index is -0.147. The third-order valence-corrected chi connectivity index (χ3v) is 4.53. The molecule has 2 aliphatic heterocycles. The lowest BCUT2D eigenvalue weighted by atomic mass is 9.81. The Hall–Kier alpha value is -1.36. The summed E-state index contributed by atoms with van der Waals surface area (Å²) < 4.78 is 7.61. The van der Waals surface area contributed by atoms with Gasteiger partial charge in [-0.25, -0.2) is 4.98 Å². The van der Waals surface area contributed by atoms with Crippen LogP contribution in [0.2, 0.25) is 0 Å². The first-order chi connectivity index (χ1) is 9.03. The highest BCUT2D eigenvalue weighted by atomic mass is 16.5. The first-order valence-electron chi connectivity index (χ1n) is 6.92. The number of nitrogens with zero attached hydrogens (tertiary/aromatic N) is 3. The number of likely N-dealkylation sites (N-methyl/N-ethyl adjacent to an activating group) is 1. The third-order valence-electron chi connectivity index (χ3n) is 4.53. The number of fused-ring (bicyclic) bond motifs is 1. The molecule has 1 aromatic heterocycles. The summed E-state index contributed by atoms with van der Waals surface area (Å²) >= 11 is 0. The van der Waals surface area contributed by atoms with E-state index >= 15 is 0 Å². The van der Waals surface area contributed by atoms with Crippen LogP contribution in [0.1, 0.15) is 44.2 Å². The number of rotatable bonds is 1. The zero-order valence-corrected chi connectivity index (χ0v) is 11.8. The summed E-state index contributed by atoms with van der Waals surface area (Å²) in [4.78, 5) is 18.6. The van der Waals surface area contributed by atoms with Gasteiger partial charge in [-0.15, -0.1) is 0 Å². The number of imidazole rings is 1. The van der Waals surface area contributed by atoms with E-state index in [2.05, 4.69) is 16.5 Å². The molecule has 1 amide bonds. The van der Waals surface area contributed by atoms with E-state index in [1.54, 1.807) is 4.90 Å². The first-order valence-corrected chi connectivity index (χ1v) is 6.92. The van der Waals surface area contributed by atoms with Crippen molar-refractivity contribution in [2.45, 2.75) is 44.7 Å². The molecule has 0 aliphatic carbocycles. The van der Waals surface area contributed by atoms with Gasteiger partial charge in [0.2, 0.25) is 5.91 Å². The Morgan fingerprint density at radius 2 is 2.11 bits per heavy atom. The summed E-state index contributed by atoms with van der Waals surface area (Å²) in [5, 5.41) is 0. The standard InChI is InChI=1S/C14H21N3O2/c1-10-12(18)16(3)9-11-8-15-13(17(10)11)14(2)4-6-19-7-5-14/h8,10H,4-7,9H2,1-3H3. The van der Waals surface area contributed by atoms with Gasteiger partial charge < -0.3 is 14.2 Å². The maximum atomic E-state index is 12.2. The van der Waals surface area contributed by atoms with Crippen molar-refractivity contribution >= 4 is 5.91 Å². The topological polar surface area (TPSA) is 47.4 Å². The van der Waals surface area contributed by atoms with Crippen LogP contribution in [0.3, 0.4) is 0 Å². The van der Waals surface area contributed by atoms with E-state index in [4.69, 9.17) is 4.74 Å². The van der Waals surface area contributed by atoms with Crippen molar-refractivity contribution in [1.29, 1.82) is 0 Å². The number of carbonyl (C=O) groups excluding carboxylic acids is 1. The molecule has 1 atom stereocenters. The Bertz CT molecular complexity index is 503. The Labute approximate surface area is 113 Å². The molecular formula is C14H21N3O2. The molecule has 5 nitrogen and oxygen atoms in total. The van der Waals surface area contributed by atoms with Gasteiger partial charge in [-0.1, -0.05) is 6.92 Å². The molecule has 1 fully saturated rings. The molecule has 0 aromatic carbocycles. The van der Waals surface area contributed by atoms with E-state index in [-0.39, 0.29) is 17.4 Å². The fourth-order valence-corrected chi connectivity index (χ4v) is 3.19. The minimum absolute atomic E-state index is 0.0287. The molecule has 1 unspecified atom stereocenters. The molecule has 0 N–H and O–H groups in total. The summed E-state index contributed by atoms with van der Waals surface area (Å²) in [5.41, 5.74) is 1.17. The van der Waals surface area contributed by atoms with Crippen molar-refractivity contribution in [3.8, 4) is 0 Å². The fraction of sp³-hybridized carbons (Fsp3) is 0.714. The van der Waals surface area contributed by atoms with Crippen molar-refractivity contribution in [3.05, 3.63) is 17.7 Å². The van der Waals surface area contributed by atoms with Crippen molar-refractivity contribution in [3.63, 3.8) is 0 Å². The summed E-state index contributed by atoms with van der Waals surface area (Å²) in [5.74, 6) is 1.22. The Kier molecular flexibility index (Phi) is 2.89. The average Bonchev–Trinajstić information content (AvgIpc) is 2.81. The summed E-state index contributed by atoms with van der Waals surface area (Å²) in [6.07, 6.45) is 3.87. The molecule has 0 radical (unpaired) electrons. The molecule has 104 valence electrons. The number of amides is 1. The van der Waals surface area contributed by atoms with Gasteiger partial charge in [0.05, 0.1) is 18.4 Å². The van der Waals surface area contributed by atoms with Gasteiger partial charge in [0.25, 0.3) is 0 Å². The third kappa shape index (κ3) is 1.87. The smallest absolute Gasteiger partial charge is 0.245 e. The van der Waals surface area contributed by atoms with Gasteiger partial charge >= 0.3 is 0 Å².